The lowest BCUT2D eigenvalue weighted by Crippen LogP contribution is -2.31. The molecular weight excluding hydrogens is 329 g/mol. The van der Waals surface area contributed by atoms with Crippen LogP contribution in [0.25, 0.3) is 0 Å². The van der Waals surface area contributed by atoms with E-state index in [9.17, 15) is 0 Å². The Labute approximate surface area is 119 Å². The fraction of sp³-hybridized carbons (Fsp3) is 0.636. The van der Waals surface area contributed by atoms with Gasteiger partial charge >= 0.3 is 0 Å². The first kappa shape index (κ1) is 14.3. The van der Waals surface area contributed by atoms with E-state index in [-0.39, 0.29) is 24.0 Å². The highest BCUT2D eigenvalue weighted by Gasteiger charge is 2.18. The molecule has 0 amide bonds. The van der Waals surface area contributed by atoms with Gasteiger partial charge in [0, 0.05) is 14.1 Å². The lowest BCUT2D eigenvalue weighted by molar-refractivity contribution is 0.663. The summed E-state index contributed by atoms with van der Waals surface area (Å²) >= 11 is 0. The molecule has 1 aliphatic rings. The number of aryl methyl sites for hydroxylation is 2. The van der Waals surface area contributed by atoms with Gasteiger partial charge in [0.1, 0.15) is 0 Å². The molecule has 6 heteroatoms. The van der Waals surface area contributed by atoms with Crippen LogP contribution in [0.5, 0.6) is 0 Å². The second-order valence-corrected chi connectivity index (χ2v) is 4.17. The summed E-state index contributed by atoms with van der Waals surface area (Å²) in [4.78, 5) is 3.88. The highest BCUT2D eigenvalue weighted by molar-refractivity contribution is 14.0. The summed E-state index contributed by atoms with van der Waals surface area (Å²) < 4.78 is 1.96. The van der Waals surface area contributed by atoms with E-state index in [0.29, 0.717) is 12.5 Å². The van der Waals surface area contributed by atoms with Crippen LogP contribution in [0.3, 0.4) is 0 Å². The van der Waals surface area contributed by atoms with Crippen LogP contribution in [0.4, 0.5) is 0 Å². The number of aromatic nitrogens is 2. The second kappa shape index (κ2) is 6.23. The lowest BCUT2D eigenvalue weighted by Gasteiger charge is -2.12. The number of halogens is 1. The van der Waals surface area contributed by atoms with Crippen molar-refractivity contribution in [1.29, 1.82) is 0 Å². The third-order valence-electron chi connectivity index (χ3n) is 3.13. The molecule has 17 heavy (non-hydrogen) atoms. The number of fused-ring (bicyclic) bond motifs is 1. The highest BCUT2D eigenvalue weighted by Crippen LogP contribution is 2.23. The molecule has 3 N–H and O–H groups in total. The zero-order chi connectivity index (χ0) is 11.5. The minimum Gasteiger partial charge on any atom is -0.370 e. The number of hydrogen-bond acceptors (Lipinski definition) is 2. The number of rotatable bonds is 2. The Hall–Kier alpha value is -0.790. The van der Waals surface area contributed by atoms with Gasteiger partial charge in [-0.15, -0.1) is 24.0 Å². The maximum absolute atomic E-state index is 5.62. The summed E-state index contributed by atoms with van der Waals surface area (Å²) in [7, 11) is 3.68. The average molecular weight is 349 g/mol. The van der Waals surface area contributed by atoms with E-state index in [4.69, 9.17) is 5.73 Å². The zero-order valence-corrected chi connectivity index (χ0v) is 12.7. The predicted octanol–water partition coefficient (Wildman–Crippen LogP) is 0.951. The van der Waals surface area contributed by atoms with E-state index in [1.807, 2.05) is 11.7 Å². The van der Waals surface area contributed by atoms with Gasteiger partial charge in [-0.25, -0.2) is 0 Å². The third kappa shape index (κ3) is 3.11. The molecule has 0 fully saturated rings. The summed E-state index contributed by atoms with van der Waals surface area (Å²) in [6.07, 6.45) is 4.78. The Morgan fingerprint density at radius 3 is 2.88 bits per heavy atom. The van der Waals surface area contributed by atoms with Crippen molar-refractivity contribution in [2.24, 2.45) is 17.8 Å². The second-order valence-electron chi connectivity index (χ2n) is 4.17. The van der Waals surface area contributed by atoms with Crippen molar-refractivity contribution in [1.82, 2.24) is 15.1 Å². The number of aliphatic imine (C=N–C) groups is 1. The SMILES string of the molecule is CN=C(N)NCc1c2c(nn1C)CCCC2.I. The zero-order valence-electron chi connectivity index (χ0n) is 10.4. The fourth-order valence-corrected chi connectivity index (χ4v) is 2.22. The van der Waals surface area contributed by atoms with Crippen LogP contribution in [0, 0.1) is 0 Å². The standard InChI is InChI=1S/C11H19N5.HI/c1-13-11(12)14-7-10-8-5-3-4-6-9(8)15-16(10)2;/h3-7H2,1-2H3,(H3,12,13,14);1H. The van der Waals surface area contributed by atoms with Gasteiger partial charge in [-0.2, -0.15) is 5.10 Å². The van der Waals surface area contributed by atoms with Crippen LogP contribution < -0.4 is 11.1 Å². The Balaban J connectivity index is 0.00000144. The van der Waals surface area contributed by atoms with Crippen molar-refractivity contribution >= 4 is 29.9 Å². The molecule has 0 unspecified atom stereocenters. The molecule has 1 heterocycles. The Morgan fingerprint density at radius 1 is 1.47 bits per heavy atom. The smallest absolute Gasteiger partial charge is 0.188 e. The molecule has 1 aromatic heterocycles. The number of guanidine groups is 1. The first-order valence-corrected chi connectivity index (χ1v) is 5.72. The maximum atomic E-state index is 5.62. The molecule has 0 saturated heterocycles. The van der Waals surface area contributed by atoms with Crippen LogP contribution in [-0.4, -0.2) is 22.8 Å². The number of hydrogen-bond donors (Lipinski definition) is 2. The van der Waals surface area contributed by atoms with Crippen molar-refractivity contribution in [2.75, 3.05) is 7.05 Å². The number of nitrogens with zero attached hydrogens (tertiary/aromatic N) is 3. The van der Waals surface area contributed by atoms with E-state index in [1.54, 1.807) is 7.05 Å². The maximum Gasteiger partial charge on any atom is 0.188 e. The summed E-state index contributed by atoms with van der Waals surface area (Å²) in [5, 5.41) is 7.64. The highest BCUT2D eigenvalue weighted by atomic mass is 127. The summed E-state index contributed by atoms with van der Waals surface area (Å²) in [5.41, 5.74) is 9.53. The van der Waals surface area contributed by atoms with Gasteiger partial charge in [-0.1, -0.05) is 0 Å². The van der Waals surface area contributed by atoms with Gasteiger partial charge in [0.05, 0.1) is 17.9 Å². The number of nitrogens with one attached hydrogen (secondary N) is 1. The third-order valence-corrected chi connectivity index (χ3v) is 3.13. The molecule has 1 aliphatic carbocycles. The summed E-state index contributed by atoms with van der Waals surface area (Å²) in [5.74, 6) is 0.478. The van der Waals surface area contributed by atoms with Crippen LogP contribution >= 0.6 is 24.0 Å². The van der Waals surface area contributed by atoms with Crippen LogP contribution in [0.2, 0.25) is 0 Å². The molecule has 1 aromatic rings. The van der Waals surface area contributed by atoms with Gasteiger partial charge in [0.15, 0.2) is 5.96 Å². The molecule has 96 valence electrons. The lowest BCUT2D eigenvalue weighted by atomic mass is 9.96. The van der Waals surface area contributed by atoms with Gasteiger partial charge in [-0.05, 0) is 31.2 Å². The average Bonchev–Trinajstić information content (AvgIpc) is 2.62. The molecule has 0 spiro atoms. The van der Waals surface area contributed by atoms with E-state index >= 15 is 0 Å². The topological polar surface area (TPSA) is 68.2 Å². The van der Waals surface area contributed by atoms with Crippen molar-refractivity contribution in [3.8, 4) is 0 Å². The molecule has 0 bridgehead atoms. The summed E-state index contributed by atoms with van der Waals surface area (Å²) in [6.45, 7) is 0.710. The van der Waals surface area contributed by atoms with E-state index in [1.165, 1.54) is 29.8 Å². The fourth-order valence-electron chi connectivity index (χ4n) is 2.22. The van der Waals surface area contributed by atoms with Crippen molar-refractivity contribution in [3.63, 3.8) is 0 Å². The van der Waals surface area contributed by atoms with Gasteiger partial charge in [0.25, 0.3) is 0 Å². The molecule has 0 aromatic carbocycles. The molecule has 0 radical (unpaired) electrons. The van der Waals surface area contributed by atoms with Crippen LogP contribution in [0.1, 0.15) is 29.8 Å². The quantitative estimate of drug-likeness (QED) is 0.475. The van der Waals surface area contributed by atoms with Crippen molar-refractivity contribution < 1.29 is 0 Å². The number of nitrogens with two attached hydrogens (primary N) is 1. The Morgan fingerprint density at radius 2 is 2.18 bits per heavy atom. The predicted molar refractivity (Wildman–Crippen MR) is 79.7 cm³/mol. The van der Waals surface area contributed by atoms with Crippen molar-refractivity contribution in [2.45, 2.75) is 32.2 Å². The molecule has 0 aliphatic heterocycles. The molecule has 2 rings (SSSR count). The van der Waals surface area contributed by atoms with Crippen molar-refractivity contribution in [3.05, 3.63) is 17.0 Å². The Kier molecular flexibility index (Phi) is 5.23. The summed E-state index contributed by atoms with van der Waals surface area (Å²) in [6, 6.07) is 0. The normalized spacial score (nSPS) is 15.1. The first-order chi connectivity index (χ1) is 7.72. The van der Waals surface area contributed by atoms with Gasteiger partial charge in [-0.3, -0.25) is 9.67 Å². The van der Waals surface area contributed by atoms with Gasteiger partial charge in [0.2, 0.25) is 0 Å². The largest absolute Gasteiger partial charge is 0.370 e. The minimum atomic E-state index is 0. The van der Waals surface area contributed by atoms with Gasteiger partial charge < -0.3 is 11.1 Å². The molecule has 5 nitrogen and oxygen atoms in total. The molecule has 0 saturated carbocycles. The van der Waals surface area contributed by atoms with E-state index in [0.717, 1.165) is 12.8 Å². The molecular formula is C11H20IN5. The monoisotopic (exact) mass is 349 g/mol. The Bertz CT molecular complexity index is 410. The van der Waals surface area contributed by atoms with E-state index in [2.05, 4.69) is 15.4 Å². The van der Waals surface area contributed by atoms with Crippen LogP contribution in [-0.2, 0) is 26.4 Å². The minimum absolute atomic E-state index is 0. The van der Waals surface area contributed by atoms with E-state index < -0.39 is 0 Å². The van der Waals surface area contributed by atoms with Crippen LogP contribution in [0.15, 0.2) is 4.99 Å². The first-order valence-electron chi connectivity index (χ1n) is 5.72. The molecule has 0 atom stereocenters.